The van der Waals surface area contributed by atoms with Gasteiger partial charge in [0.05, 0.1) is 5.92 Å². The minimum atomic E-state index is -0.649. The van der Waals surface area contributed by atoms with E-state index in [0.29, 0.717) is 12.5 Å². The van der Waals surface area contributed by atoms with E-state index < -0.39 is 5.97 Å². The first kappa shape index (κ1) is 8.53. The van der Waals surface area contributed by atoms with E-state index in [1.54, 1.807) is 7.05 Å². The third-order valence-electron chi connectivity index (χ3n) is 2.46. The van der Waals surface area contributed by atoms with E-state index in [9.17, 15) is 4.79 Å². The molecule has 0 aliphatic heterocycles. The summed E-state index contributed by atoms with van der Waals surface area (Å²) in [6, 6.07) is 0. The third-order valence-corrected chi connectivity index (χ3v) is 2.46. The highest BCUT2D eigenvalue weighted by Gasteiger charge is 2.31. The number of carbonyl (C=O) groups is 1. The molecule has 64 valence electrons. The minimum absolute atomic E-state index is 0.159. The fourth-order valence-corrected chi connectivity index (χ4v) is 1.52. The van der Waals surface area contributed by atoms with E-state index >= 15 is 0 Å². The Morgan fingerprint density at radius 2 is 2.36 bits per heavy atom. The van der Waals surface area contributed by atoms with Crippen molar-refractivity contribution in [1.82, 2.24) is 5.32 Å². The first-order chi connectivity index (χ1) is 5.25. The van der Waals surface area contributed by atoms with Gasteiger partial charge in [0.2, 0.25) is 0 Å². The molecule has 0 amide bonds. The standard InChI is InChI=1S/C8H15NO2/c1-9-5-7(8(10)11)6-3-2-4-6/h6-7,9H,2-5H2,1H3,(H,10,11). The number of nitrogens with one attached hydrogen (secondary N) is 1. The summed E-state index contributed by atoms with van der Waals surface area (Å²) in [4.78, 5) is 10.7. The molecule has 11 heavy (non-hydrogen) atoms. The van der Waals surface area contributed by atoms with Crippen molar-refractivity contribution in [2.45, 2.75) is 19.3 Å². The predicted octanol–water partition coefficient (Wildman–Crippen LogP) is 0.707. The summed E-state index contributed by atoms with van der Waals surface area (Å²) in [6.45, 7) is 0.611. The molecule has 1 aliphatic carbocycles. The average molecular weight is 157 g/mol. The normalized spacial score (nSPS) is 20.8. The maximum atomic E-state index is 10.7. The van der Waals surface area contributed by atoms with Crippen molar-refractivity contribution in [3.05, 3.63) is 0 Å². The molecule has 0 aromatic carbocycles. The summed E-state index contributed by atoms with van der Waals surface area (Å²) in [6.07, 6.45) is 3.40. The molecule has 1 atom stereocenters. The van der Waals surface area contributed by atoms with Crippen LogP contribution in [0.25, 0.3) is 0 Å². The predicted molar refractivity (Wildman–Crippen MR) is 42.4 cm³/mol. The van der Waals surface area contributed by atoms with Gasteiger partial charge < -0.3 is 10.4 Å². The third kappa shape index (κ3) is 1.93. The molecule has 1 unspecified atom stereocenters. The van der Waals surface area contributed by atoms with Crippen LogP contribution in [0.4, 0.5) is 0 Å². The minimum Gasteiger partial charge on any atom is -0.481 e. The lowest BCUT2D eigenvalue weighted by atomic mass is 9.76. The number of carboxylic acid groups (broad SMARTS) is 1. The maximum absolute atomic E-state index is 10.7. The van der Waals surface area contributed by atoms with Gasteiger partial charge in [-0.3, -0.25) is 4.79 Å². The van der Waals surface area contributed by atoms with Crippen LogP contribution in [0.5, 0.6) is 0 Å². The lowest BCUT2D eigenvalue weighted by Gasteiger charge is -2.30. The Morgan fingerprint density at radius 3 is 2.64 bits per heavy atom. The molecule has 3 heteroatoms. The molecule has 2 N–H and O–H groups in total. The van der Waals surface area contributed by atoms with Crippen LogP contribution in [0, 0.1) is 11.8 Å². The highest BCUT2D eigenvalue weighted by molar-refractivity contribution is 5.70. The van der Waals surface area contributed by atoms with Crippen molar-refractivity contribution in [3.8, 4) is 0 Å². The Kier molecular flexibility index (Phi) is 2.88. The Hall–Kier alpha value is -0.570. The van der Waals surface area contributed by atoms with Gasteiger partial charge in [-0.1, -0.05) is 6.42 Å². The first-order valence-electron chi connectivity index (χ1n) is 4.13. The van der Waals surface area contributed by atoms with E-state index in [1.807, 2.05) is 0 Å². The number of hydrogen-bond acceptors (Lipinski definition) is 2. The highest BCUT2D eigenvalue weighted by Crippen LogP contribution is 2.33. The molecular weight excluding hydrogens is 142 g/mol. The fourth-order valence-electron chi connectivity index (χ4n) is 1.52. The summed E-state index contributed by atoms with van der Waals surface area (Å²) in [5.41, 5.74) is 0. The summed E-state index contributed by atoms with van der Waals surface area (Å²) < 4.78 is 0. The molecular formula is C8H15NO2. The van der Waals surface area contributed by atoms with Gasteiger partial charge in [0.1, 0.15) is 0 Å². The van der Waals surface area contributed by atoms with Gasteiger partial charge >= 0.3 is 5.97 Å². The highest BCUT2D eigenvalue weighted by atomic mass is 16.4. The van der Waals surface area contributed by atoms with Crippen LogP contribution in [0.1, 0.15) is 19.3 Å². The molecule has 3 nitrogen and oxygen atoms in total. The first-order valence-corrected chi connectivity index (χ1v) is 4.13. The van der Waals surface area contributed by atoms with Gasteiger partial charge in [-0.25, -0.2) is 0 Å². The quantitative estimate of drug-likeness (QED) is 0.631. The molecule has 0 aromatic rings. The van der Waals surface area contributed by atoms with Crippen molar-refractivity contribution in [2.24, 2.45) is 11.8 Å². The van der Waals surface area contributed by atoms with Crippen LogP contribution in [0.2, 0.25) is 0 Å². The molecule has 0 bridgehead atoms. The van der Waals surface area contributed by atoms with Crippen molar-refractivity contribution >= 4 is 5.97 Å². The van der Waals surface area contributed by atoms with Gasteiger partial charge in [-0.05, 0) is 25.8 Å². The number of carboxylic acids is 1. The lowest BCUT2D eigenvalue weighted by molar-refractivity contribution is -0.144. The summed E-state index contributed by atoms with van der Waals surface area (Å²) in [5.74, 6) is -0.377. The van der Waals surface area contributed by atoms with Crippen LogP contribution in [0.3, 0.4) is 0 Å². The molecule has 0 spiro atoms. The number of aliphatic carboxylic acids is 1. The Bertz CT molecular complexity index is 143. The van der Waals surface area contributed by atoms with Gasteiger partial charge in [0, 0.05) is 6.54 Å². The van der Waals surface area contributed by atoms with Crippen LogP contribution in [0.15, 0.2) is 0 Å². The SMILES string of the molecule is CNCC(C(=O)O)C1CCC1. The molecule has 1 aliphatic rings. The largest absolute Gasteiger partial charge is 0.481 e. The summed E-state index contributed by atoms with van der Waals surface area (Å²) in [7, 11) is 1.80. The van der Waals surface area contributed by atoms with Crippen molar-refractivity contribution in [3.63, 3.8) is 0 Å². The topological polar surface area (TPSA) is 49.3 Å². The molecule has 0 heterocycles. The van der Waals surface area contributed by atoms with Crippen molar-refractivity contribution in [1.29, 1.82) is 0 Å². The van der Waals surface area contributed by atoms with Gasteiger partial charge in [0.15, 0.2) is 0 Å². The molecule has 1 fully saturated rings. The zero-order chi connectivity index (χ0) is 8.27. The lowest BCUT2D eigenvalue weighted by Crippen LogP contribution is -2.35. The Labute approximate surface area is 66.8 Å². The monoisotopic (exact) mass is 157 g/mol. The van der Waals surface area contributed by atoms with E-state index in [4.69, 9.17) is 5.11 Å². The maximum Gasteiger partial charge on any atom is 0.308 e. The fraction of sp³-hybridized carbons (Fsp3) is 0.875. The van der Waals surface area contributed by atoms with Crippen molar-refractivity contribution in [2.75, 3.05) is 13.6 Å². The Balaban J connectivity index is 2.37. The van der Waals surface area contributed by atoms with E-state index in [1.165, 1.54) is 6.42 Å². The van der Waals surface area contributed by atoms with E-state index in [0.717, 1.165) is 12.8 Å². The van der Waals surface area contributed by atoms with E-state index in [2.05, 4.69) is 5.32 Å². The zero-order valence-electron chi connectivity index (χ0n) is 6.84. The Morgan fingerprint density at radius 1 is 1.73 bits per heavy atom. The van der Waals surface area contributed by atoms with E-state index in [-0.39, 0.29) is 5.92 Å². The van der Waals surface area contributed by atoms with Crippen LogP contribution in [-0.2, 0) is 4.79 Å². The molecule has 0 aromatic heterocycles. The summed E-state index contributed by atoms with van der Waals surface area (Å²) >= 11 is 0. The summed E-state index contributed by atoms with van der Waals surface area (Å²) in [5, 5.41) is 11.7. The second kappa shape index (κ2) is 3.72. The van der Waals surface area contributed by atoms with Gasteiger partial charge in [0.25, 0.3) is 0 Å². The zero-order valence-corrected chi connectivity index (χ0v) is 6.84. The van der Waals surface area contributed by atoms with Gasteiger partial charge in [-0.15, -0.1) is 0 Å². The van der Waals surface area contributed by atoms with Crippen molar-refractivity contribution < 1.29 is 9.90 Å². The molecule has 0 radical (unpaired) electrons. The van der Waals surface area contributed by atoms with Gasteiger partial charge in [-0.2, -0.15) is 0 Å². The molecule has 1 rings (SSSR count). The number of rotatable bonds is 4. The number of hydrogen-bond donors (Lipinski definition) is 2. The average Bonchev–Trinajstić information content (AvgIpc) is 1.82. The van der Waals surface area contributed by atoms with Crippen LogP contribution < -0.4 is 5.32 Å². The van der Waals surface area contributed by atoms with Crippen LogP contribution >= 0.6 is 0 Å². The smallest absolute Gasteiger partial charge is 0.308 e. The van der Waals surface area contributed by atoms with Crippen LogP contribution in [-0.4, -0.2) is 24.7 Å². The second-order valence-electron chi connectivity index (χ2n) is 3.19. The second-order valence-corrected chi connectivity index (χ2v) is 3.19. The molecule has 1 saturated carbocycles. The molecule has 0 saturated heterocycles.